The topological polar surface area (TPSA) is 132 Å². The number of thiol groups is 2. The van der Waals surface area contributed by atoms with Crippen LogP contribution in [0.2, 0.25) is 0 Å². The van der Waals surface area contributed by atoms with Crippen molar-refractivity contribution in [3.05, 3.63) is 0 Å². The fourth-order valence-electron chi connectivity index (χ4n) is 2.78. The predicted molar refractivity (Wildman–Crippen MR) is 154 cm³/mol. The fraction of sp³-hybridized carbons (Fsp3) is 0.920. The van der Waals surface area contributed by atoms with Crippen molar-refractivity contribution >= 4 is 37.1 Å². The van der Waals surface area contributed by atoms with Crippen LogP contribution in [0.15, 0.2) is 0 Å². The van der Waals surface area contributed by atoms with Crippen LogP contribution in [0.1, 0.15) is 19.8 Å². The summed E-state index contributed by atoms with van der Waals surface area (Å²) in [5.41, 5.74) is -0.469. The molecule has 0 aliphatic heterocycles. The fourth-order valence-corrected chi connectivity index (χ4v) is 3.78. The minimum Gasteiger partial charge on any atom is -0.382 e. The molecule has 0 aliphatic carbocycles. The molecule has 0 aromatic rings. The first-order chi connectivity index (χ1) is 19.0. The lowest BCUT2D eigenvalue weighted by Crippen LogP contribution is -2.54. The van der Waals surface area contributed by atoms with Crippen molar-refractivity contribution in [2.24, 2.45) is 0 Å². The molecule has 0 rings (SSSR count). The molecule has 0 fully saturated rings. The zero-order valence-corrected chi connectivity index (χ0v) is 25.4. The van der Waals surface area contributed by atoms with Gasteiger partial charge in [0.05, 0.1) is 111 Å². The smallest absolute Gasteiger partial charge is 0.239 e. The number of amides is 2. The van der Waals surface area contributed by atoms with E-state index in [1.807, 2.05) is 6.92 Å². The van der Waals surface area contributed by atoms with E-state index in [1.165, 1.54) is 0 Å². The number of ether oxygens (including phenoxy) is 8. The van der Waals surface area contributed by atoms with Gasteiger partial charge in [-0.15, -0.1) is 0 Å². The Bertz CT molecular complexity index is 567. The highest BCUT2D eigenvalue weighted by atomic mass is 32.1. The third-order valence-corrected chi connectivity index (χ3v) is 6.48. The highest BCUT2D eigenvalue weighted by Crippen LogP contribution is 2.13. The van der Waals surface area contributed by atoms with Gasteiger partial charge in [0.2, 0.25) is 11.8 Å². The van der Waals surface area contributed by atoms with Gasteiger partial charge in [0.15, 0.2) is 0 Å². The van der Waals surface area contributed by atoms with Gasteiger partial charge in [-0.05, 0) is 6.42 Å². The van der Waals surface area contributed by atoms with Gasteiger partial charge in [-0.3, -0.25) is 9.59 Å². The summed E-state index contributed by atoms with van der Waals surface area (Å²) in [5, 5.41) is 5.47. The number of carbonyl (C=O) groups excluding carboxylic acids is 2. The number of carbonyl (C=O) groups is 2. The molecule has 14 heteroatoms. The standard InChI is InChI=1S/C25H50N2O10S2/c1-3-25(21-38,22-39)27-24(29)20-26-23(28)4-5-31-8-9-33-12-13-35-16-17-37-19-18-36-15-14-34-11-10-32-7-6-30-2/h38-39H,3-22H2,1-2H3,(H,26,28)(H,27,29). The molecular weight excluding hydrogens is 552 g/mol. The van der Waals surface area contributed by atoms with Gasteiger partial charge in [0.25, 0.3) is 0 Å². The van der Waals surface area contributed by atoms with Crippen LogP contribution in [0.4, 0.5) is 0 Å². The molecule has 0 spiro atoms. The minimum atomic E-state index is -0.469. The van der Waals surface area contributed by atoms with E-state index >= 15 is 0 Å². The van der Waals surface area contributed by atoms with E-state index in [0.29, 0.717) is 110 Å². The molecule has 2 N–H and O–H groups in total. The zero-order chi connectivity index (χ0) is 28.9. The molecule has 0 aromatic carbocycles. The van der Waals surface area contributed by atoms with E-state index in [9.17, 15) is 9.59 Å². The van der Waals surface area contributed by atoms with Crippen LogP contribution >= 0.6 is 25.3 Å². The zero-order valence-electron chi connectivity index (χ0n) is 23.6. The first-order valence-corrected chi connectivity index (χ1v) is 14.6. The van der Waals surface area contributed by atoms with E-state index in [4.69, 9.17) is 37.9 Å². The molecule has 232 valence electrons. The van der Waals surface area contributed by atoms with E-state index in [1.54, 1.807) is 7.11 Å². The van der Waals surface area contributed by atoms with Gasteiger partial charge < -0.3 is 48.5 Å². The Morgan fingerprint density at radius 1 is 0.590 bits per heavy atom. The maximum atomic E-state index is 12.0. The number of methoxy groups -OCH3 is 1. The Hall–Kier alpha value is -0.680. The Kier molecular flexibility index (Phi) is 28.3. The largest absolute Gasteiger partial charge is 0.382 e. The lowest BCUT2D eigenvalue weighted by Gasteiger charge is -2.30. The molecular formula is C25H50N2O10S2. The summed E-state index contributed by atoms with van der Waals surface area (Å²) in [6, 6.07) is 0. The molecule has 2 amide bonds. The van der Waals surface area contributed by atoms with Crippen molar-refractivity contribution in [2.75, 3.05) is 124 Å². The van der Waals surface area contributed by atoms with Crippen LogP contribution in [0.5, 0.6) is 0 Å². The second-order valence-electron chi connectivity index (χ2n) is 8.30. The van der Waals surface area contributed by atoms with Crippen LogP contribution in [0, 0.1) is 0 Å². The monoisotopic (exact) mass is 602 g/mol. The highest BCUT2D eigenvalue weighted by Gasteiger charge is 2.26. The number of nitrogens with one attached hydrogen (secondary N) is 2. The molecule has 39 heavy (non-hydrogen) atoms. The summed E-state index contributed by atoms with van der Waals surface area (Å²) >= 11 is 8.56. The molecule has 0 bridgehead atoms. The quantitative estimate of drug-likeness (QED) is 0.0676. The molecule has 0 heterocycles. The molecule has 0 saturated heterocycles. The third-order valence-electron chi connectivity index (χ3n) is 5.27. The molecule has 0 radical (unpaired) electrons. The summed E-state index contributed by atoms with van der Waals surface area (Å²) in [6.07, 6.45) is 0.871. The van der Waals surface area contributed by atoms with Crippen LogP contribution in [0.3, 0.4) is 0 Å². The first-order valence-electron chi connectivity index (χ1n) is 13.4. The first kappa shape index (κ1) is 38.3. The van der Waals surface area contributed by atoms with Crippen LogP contribution in [-0.2, 0) is 47.5 Å². The summed E-state index contributed by atoms with van der Waals surface area (Å²) in [4.78, 5) is 23.9. The summed E-state index contributed by atoms with van der Waals surface area (Å²) in [7, 11) is 1.64. The average Bonchev–Trinajstić information content (AvgIpc) is 2.95. The molecule has 0 aliphatic rings. The van der Waals surface area contributed by atoms with E-state index < -0.39 is 5.54 Å². The predicted octanol–water partition coefficient (Wildman–Crippen LogP) is 0.380. The molecule has 0 atom stereocenters. The summed E-state index contributed by atoms with van der Waals surface area (Å²) in [5.74, 6) is 0.436. The second-order valence-corrected chi connectivity index (χ2v) is 8.94. The normalized spacial score (nSPS) is 11.6. The van der Waals surface area contributed by atoms with Gasteiger partial charge in [-0.2, -0.15) is 25.3 Å². The van der Waals surface area contributed by atoms with Gasteiger partial charge in [0.1, 0.15) is 0 Å². The maximum absolute atomic E-state index is 12.0. The van der Waals surface area contributed by atoms with Crippen molar-refractivity contribution in [1.82, 2.24) is 10.6 Å². The molecule has 0 unspecified atom stereocenters. The SMILES string of the molecule is CCC(CS)(CS)NC(=O)CNC(=O)CCOCCOCCOCCOCCOCCOCCOCCOC. The third kappa shape index (κ3) is 24.8. The van der Waals surface area contributed by atoms with Gasteiger partial charge in [0, 0.05) is 25.0 Å². The number of hydrogen-bond donors (Lipinski definition) is 4. The lowest BCUT2D eigenvalue weighted by molar-refractivity contribution is -0.127. The van der Waals surface area contributed by atoms with Crippen molar-refractivity contribution in [1.29, 1.82) is 0 Å². The van der Waals surface area contributed by atoms with E-state index in [0.717, 1.165) is 0 Å². The number of hydrogen-bond acceptors (Lipinski definition) is 12. The maximum Gasteiger partial charge on any atom is 0.239 e. The molecule has 0 aromatic heterocycles. The van der Waals surface area contributed by atoms with Crippen LogP contribution in [-0.4, -0.2) is 142 Å². The second kappa shape index (κ2) is 28.8. The molecule has 12 nitrogen and oxygen atoms in total. The minimum absolute atomic E-state index is 0.0907. The van der Waals surface area contributed by atoms with E-state index in [-0.39, 0.29) is 31.4 Å². The Morgan fingerprint density at radius 3 is 1.28 bits per heavy atom. The van der Waals surface area contributed by atoms with Crippen molar-refractivity contribution in [3.8, 4) is 0 Å². The van der Waals surface area contributed by atoms with Crippen LogP contribution in [0.25, 0.3) is 0 Å². The average molecular weight is 603 g/mol. The Morgan fingerprint density at radius 2 is 0.949 bits per heavy atom. The Balaban J connectivity index is 3.33. The van der Waals surface area contributed by atoms with E-state index in [2.05, 4.69) is 35.9 Å². The lowest BCUT2D eigenvalue weighted by atomic mass is 10.0. The van der Waals surface area contributed by atoms with Gasteiger partial charge in [-0.25, -0.2) is 0 Å². The highest BCUT2D eigenvalue weighted by molar-refractivity contribution is 7.81. The Labute approximate surface area is 244 Å². The van der Waals surface area contributed by atoms with Crippen molar-refractivity contribution < 1.29 is 47.5 Å². The number of rotatable bonds is 30. The van der Waals surface area contributed by atoms with Crippen LogP contribution < -0.4 is 10.6 Å². The summed E-state index contributed by atoms with van der Waals surface area (Å²) < 4.78 is 42.6. The van der Waals surface area contributed by atoms with Crippen molar-refractivity contribution in [3.63, 3.8) is 0 Å². The van der Waals surface area contributed by atoms with Gasteiger partial charge >= 0.3 is 0 Å². The molecule has 0 saturated carbocycles. The summed E-state index contributed by atoms with van der Waals surface area (Å²) in [6.45, 7) is 9.00. The van der Waals surface area contributed by atoms with Gasteiger partial charge in [-0.1, -0.05) is 6.92 Å². The van der Waals surface area contributed by atoms with Crippen molar-refractivity contribution in [2.45, 2.75) is 25.3 Å².